The number of benzene rings is 1. The van der Waals surface area contributed by atoms with Gasteiger partial charge in [0.25, 0.3) is 0 Å². The Morgan fingerprint density at radius 2 is 1.96 bits per heavy atom. The largest absolute Gasteiger partial charge is 0.504 e. The molecule has 0 radical (unpaired) electrons. The maximum absolute atomic E-state index is 11.9. The van der Waals surface area contributed by atoms with Crippen molar-refractivity contribution in [3.63, 3.8) is 0 Å². The molecule has 0 saturated carbocycles. The van der Waals surface area contributed by atoms with Crippen LogP contribution in [0.25, 0.3) is 0 Å². The lowest BCUT2D eigenvalue weighted by Crippen LogP contribution is -2.09. The molecule has 8 heteroatoms. The van der Waals surface area contributed by atoms with Gasteiger partial charge in [0.1, 0.15) is 35.0 Å². The van der Waals surface area contributed by atoms with Crippen molar-refractivity contribution in [1.82, 2.24) is 0 Å². The highest BCUT2D eigenvalue weighted by molar-refractivity contribution is 5.96. The number of nitriles is 3. The van der Waals surface area contributed by atoms with Gasteiger partial charge in [0.15, 0.2) is 11.5 Å². The Labute approximate surface area is 138 Å². The van der Waals surface area contributed by atoms with E-state index in [4.69, 9.17) is 20.0 Å². The third-order valence-corrected chi connectivity index (χ3v) is 2.76. The molecular weight excluding hydrogens is 312 g/mol. The number of allylic oxidation sites excluding steroid dienone is 1. The second-order valence-electron chi connectivity index (χ2n) is 4.22. The number of carbonyl (C=O) groups excluding carboxylic acids is 1. The molecule has 24 heavy (non-hydrogen) atoms. The van der Waals surface area contributed by atoms with Crippen molar-refractivity contribution < 1.29 is 19.4 Å². The van der Waals surface area contributed by atoms with Gasteiger partial charge < -0.3 is 19.9 Å². The molecule has 0 aliphatic carbocycles. The predicted molar refractivity (Wildman–Crippen MR) is 82.9 cm³/mol. The minimum atomic E-state index is -0.802. The summed E-state index contributed by atoms with van der Waals surface area (Å²) < 4.78 is 10.1. The molecule has 0 heterocycles. The first-order valence-electron chi connectivity index (χ1n) is 6.90. The van der Waals surface area contributed by atoms with E-state index in [9.17, 15) is 15.2 Å². The fourth-order valence-electron chi connectivity index (χ4n) is 1.76. The second kappa shape index (κ2) is 8.67. The van der Waals surface area contributed by atoms with Crippen molar-refractivity contribution in [3.8, 4) is 29.7 Å². The summed E-state index contributed by atoms with van der Waals surface area (Å²) in [5.41, 5.74) is -0.443. The van der Waals surface area contributed by atoms with Crippen molar-refractivity contribution >= 4 is 11.7 Å². The molecular formula is C16H14N4O4. The molecule has 0 saturated heterocycles. The van der Waals surface area contributed by atoms with Crippen LogP contribution in [0.15, 0.2) is 17.8 Å². The number of nitrogens with one attached hydrogen (secondary N) is 1. The van der Waals surface area contributed by atoms with Crippen LogP contribution in [-0.2, 0) is 4.74 Å². The maximum atomic E-state index is 11.9. The summed E-state index contributed by atoms with van der Waals surface area (Å²) >= 11 is 0. The van der Waals surface area contributed by atoms with Crippen molar-refractivity contribution in [2.45, 2.75) is 13.8 Å². The van der Waals surface area contributed by atoms with Crippen LogP contribution in [0.2, 0.25) is 0 Å². The third-order valence-electron chi connectivity index (χ3n) is 2.76. The highest BCUT2D eigenvalue weighted by atomic mass is 16.5. The van der Waals surface area contributed by atoms with Gasteiger partial charge in [-0.15, -0.1) is 0 Å². The van der Waals surface area contributed by atoms with Gasteiger partial charge in [-0.1, -0.05) is 0 Å². The Balaban J connectivity index is 3.53. The van der Waals surface area contributed by atoms with E-state index in [1.54, 1.807) is 26.0 Å². The number of ether oxygens (including phenoxy) is 2. The van der Waals surface area contributed by atoms with Crippen LogP contribution in [0.1, 0.15) is 29.8 Å². The van der Waals surface area contributed by atoms with E-state index in [1.165, 1.54) is 0 Å². The number of rotatable bonds is 6. The lowest BCUT2D eigenvalue weighted by molar-refractivity contribution is 0.0522. The van der Waals surface area contributed by atoms with E-state index in [0.29, 0.717) is 0 Å². The van der Waals surface area contributed by atoms with Gasteiger partial charge in [-0.25, -0.2) is 4.79 Å². The first-order chi connectivity index (χ1) is 11.5. The SMILES string of the molecule is CCOC(=O)c1cc(C#N)c(NC=C(C#N)C#N)c(OCC)c1O. The number of phenols is 1. The van der Waals surface area contributed by atoms with E-state index in [-0.39, 0.29) is 41.4 Å². The summed E-state index contributed by atoms with van der Waals surface area (Å²) in [5, 5.41) is 39.6. The lowest BCUT2D eigenvalue weighted by atomic mass is 10.1. The summed E-state index contributed by atoms with van der Waals surface area (Å²) in [5.74, 6) is -1.45. The zero-order valence-electron chi connectivity index (χ0n) is 13.1. The van der Waals surface area contributed by atoms with Crippen LogP contribution in [0.5, 0.6) is 11.5 Å². The van der Waals surface area contributed by atoms with E-state index in [2.05, 4.69) is 5.32 Å². The monoisotopic (exact) mass is 326 g/mol. The van der Waals surface area contributed by atoms with Gasteiger partial charge in [0.05, 0.1) is 18.8 Å². The molecule has 1 aromatic rings. The molecule has 122 valence electrons. The number of esters is 1. The average molecular weight is 326 g/mol. The molecule has 1 aromatic carbocycles. The molecule has 8 nitrogen and oxygen atoms in total. The Kier molecular flexibility index (Phi) is 6.63. The van der Waals surface area contributed by atoms with Crippen molar-refractivity contribution in [3.05, 3.63) is 29.0 Å². The second-order valence-corrected chi connectivity index (χ2v) is 4.22. The quantitative estimate of drug-likeness (QED) is 0.599. The van der Waals surface area contributed by atoms with Gasteiger partial charge in [-0.2, -0.15) is 15.8 Å². The fraction of sp³-hybridized carbons (Fsp3) is 0.250. The zero-order valence-corrected chi connectivity index (χ0v) is 13.1. The highest BCUT2D eigenvalue weighted by Gasteiger charge is 2.23. The first-order valence-corrected chi connectivity index (χ1v) is 6.90. The molecule has 0 bridgehead atoms. The molecule has 0 aromatic heterocycles. The lowest BCUT2D eigenvalue weighted by Gasteiger charge is -2.16. The van der Waals surface area contributed by atoms with Crippen molar-refractivity contribution in [2.24, 2.45) is 0 Å². The van der Waals surface area contributed by atoms with E-state index in [1.807, 2.05) is 6.07 Å². The molecule has 2 N–H and O–H groups in total. The molecule has 0 amide bonds. The average Bonchev–Trinajstić information content (AvgIpc) is 2.58. The molecule has 0 atom stereocenters. The topological polar surface area (TPSA) is 139 Å². The Hall–Kier alpha value is -3.70. The van der Waals surface area contributed by atoms with Crippen LogP contribution in [0.4, 0.5) is 5.69 Å². The minimum absolute atomic E-state index is 0.0224. The van der Waals surface area contributed by atoms with Crippen LogP contribution >= 0.6 is 0 Å². The molecule has 0 fully saturated rings. The van der Waals surface area contributed by atoms with Gasteiger partial charge in [0, 0.05) is 6.20 Å². The minimum Gasteiger partial charge on any atom is -0.504 e. The first kappa shape index (κ1) is 18.3. The molecule has 0 spiro atoms. The number of phenolic OH excluding ortho intramolecular Hbond substituents is 1. The van der Waals surface area contributed by atoms with E-state index >= 15 is 0 Å². The maximum Gasteiger partial charge on any atom is 0.342 e. The number of aromatic hydroxyl groups is 1. The van der Waals surface area contributed by atoms with E-state index in [0.717, 1.165) is 12.3 Å². The van der Waals surface area contributed by atoms with Gasteiger partial charge >= 0.3 is 5.97 Å². The number of hydrogen-bond acceptors (Lipinski definition) is 8. The summed E-state index contributed by atoms with van der Waals surface area (Å²) in [7, 11) is 0. The smallest absolute Gasteiger partial charge is 0.342 e. The Bertz CT molecular complexity index is 778. The Morgan fingerprint density at radius 3 is 2.46 bits per heavy atom. The number of anilines is 1. The standard InChI is InChI=1S/C16H14N4O4/c1-3-23-15-13(20-9-10(6-17)7-18)11(8-19)5-12(14(15)21)16(22)24-4-2/h5,9,20-21H,3-4H2,1-2H3. The number of carbonyl (C=O) groups is 1. The van der Waals surface area contributed by atoms with Crippen LogP contribution in [-0.4, -0.2) is 24.3 Å². The summed E-state index contributed by atoms with van der Waals surface area (Å²) in [6, 6.07) is 6.30. The summed E-state index contributed by atoms with van der Waals surface area (Å²) in [4.78, 5) is 11.9. The van der Waals surface area contributed by atoms with Gasteiger partial charge in [-0.3, -0.25) is 0 Å². The molecule has 1 rings (SSSR count). The molecule has 0 unspecified atom stereocenters. The fourth-order valence-corrected chi connectivity index (χ4v) is 1.76. The van der Waals surface area contributed by atoms with Gasteiger partial charge in [0.2, 0.25) is 0 Å². The normalized spacial score (nSPS) is 8.96. The van der Waals surface area contributed by atoms with Crippen molar-refractivity contribution in [1.29, 1.82) is 15.8 Å². The number of nitrogens with zero attached hydrogens (tertiary/aromatic N) is 3. The zero-order chi connectivity index (χ0) is 18.1. The molecule has 0 aliphatic heterocycles. The summed E-state index contributed by atoms with van der Waals surface area (Å²) in [6.07, 6.45) is 1.07. The number of hydrogen-bond donors (Lipinski definition) is 2. The highest BCUT2D eigenvalue weighted by Crippen LogP contribution is 2.41. The van der Waals surface area contributed by atoms with Crippen LogP contribution in [0, 0.1) is 34.0 Å². The van der Waals surface area contributed by atoms with Crippen molar-refractivity contribution in [2.75, 3.05) is 18.5 Å². The van der Waals surface area contributed by atoms with Gasteiger partial charge in [-0.05, 0) is 19.9 Å². The Morgan fingerprint density at radius 1 is 1.29 bits per heavy atom. The predicted octanol–water partition coefficient (Wildman–Crippen LogP) is 2.18. The molecule has 0 aliphatic rings. The summed E-state index contributed by atoms with van der Waals surface area (Å²) in [6.45, 7) is 3.50. The third kappa shape index (κ3) is 3.94. The van der Waals surface area contributed by atoms with Crippen LogP contribution in [0.3, 0.4) is 0 Å². The van der Waals surface area contributed by atoms with Crippen LogP contribution < -0.4 is 10.1 Å². The van der Waals surface area contributed by atoms with E-state index < -0.39 is 11.7 Å².